The minimum atomic E-state index is -1.19. The van der Waals surface area contributed by atoms with Gasteiger partial charge in [0.1, 0.15) is 5.82 Å². The van der Waals surface area contributed by atoms with Gasteiger partial charge in [0, 0.05) is 0 Å². The zero-order chi connectivity index (χ0) is 12.0. The molecular formula is C14H21FSi. The van der Waals surface area contributed by atoms with Gasteiger partial charge in [-0.25, -0.2) is 4.39 Å². The minimum absolute atomic E-state index is 0.165. The van der Waals surface area contributed by atoms with Crippen molar-refractivity contribution in [2.75, 3.05) is 0 Å². The number of rotatable bonds is 5. The maximum atomic E-state index is 12.7. The highest BCUT2D eigenvalue weighted by molar-refractivity contribution is 6.84. The van der Waals surface area contributed by atoms with Gasteiger partial charge in [0.05, 0.1) is 8.07 Å². The molecule has 1 rings (SSSR count). The van der Waals surface area contributed by atoms with Gasteiger partial charge in [-0.05, 0) is 17.7 Å². The van der Waals surface area contributed by atoms with Gasteiger partial charge in [-0.3, -0.25) is 0 Å². The number of halogens is 1. The molecule has 0 unspecified atom stereocenters. The van der Waals surface area contributed by atoms with Crippen molar-refractivity contribution in [1.29, 1.82) is 0 Å². The van der Waals surface area contributed by atoms with Crippen molar-refractivity contribution in [3.8, 4) is 0 Å². The summed E-state index contributed by atoms with van der Waals surface area (Å²) in [6, 6.07) is 10.6. The van der Waals surface area contributed by atoms with E-state index in [1.165, 1.54) is 30.3 Å². The molecule has 0 fully saturated rings. The summed E-state index contributed by atoms with van der Waals surface area (Å²) >= 11 is 0. The van der Waals surface area contributed by atoms with E-state index in [9.17, 15) is 4.39 Å². The molecule has 0 saturated heterocycles. The third kappa shape index (κ3) is 3.31. The molecule has 0 amide bonds. The summed E-state index contributed by atoms with van der Waals surface area (Å²) in [5.74, 6) is -0.165. The average Bonchev–Trinajstić information content (AvgIpc) is 2.34. The Kier molecular flexibility index (Phi) is 4.94. The molecule has 0 N–H and O–H groups in total. The van der Waals surface area contributed by atoms with Crippen molar-refractivity contribution in [3.05, 3.63) is 41.3 Å². The summed E-state index contributed by atoms with van der Waals surface area (Å²) in [7, 11) is -1.19. The van der Waals surface area contributed by atoms with Crippen LogP contribution in [0.5, 0.6) is 0 Å². The van der Waals surface area contributed by atoms with Crippen molar-refractivity contribution < 1.29 is 4.39 Å². The molecule has 0 aliphatic carbocycles. The first-order chi connectivity index (χ1) is 7.65. The largest absolute Gasteiger partial charge is 0.207 e. The van der Waals surface area contributed by atoms with Crippen LogP contribution in [0.3, 0.4) is 0 Å². The Morgan fingerprint density at radius 1 is 1.00 bits per heavy atom. The van der Waals surface area contributed by atoms with Crippen LogP contribution in [-0.4, -0.2) is 8.07 Å². The van der Waals surface area contributed by atoms with E-state index in [1.807, 2.05) is 12.1 Å². The van der Waals surface area contributed by atoms with Gasteiger partial charge in [0.2, 0.25) is 0 Å². The molecular weight excluding hydrogens is 215 g/mol. The molecule has 0 heterocycles. The molecule has 0 spiro atoms. The lowest BCUT2D eigenvalue weighted by molar-refractivity contribution is 0.628. The Bertz CT molecular complexity index is 328. The van der Waals surface area contributed by atoms with Gasteiger partial charge in [0.25, 0.3) is 0 Å². The van der Waals surface area contributed by atoms with Crippen LogP contribution in [0.1, 0.15) is 26.3 Å². The summed E-state index contributed by atoms with van der Waals surface area (Å²) in [6.07, 6.45) is 2.17. The Hall–Kier alpha value is -0.893. The van der Waals surface area contributed by atoms with Crippen LogP contribution >= 0.6 is 0 Å². The van der Waals surface area contributed by atoms with Gasteiger partial charge in [-0.2, -0.15) is 0 Å². The van der Waals surface area contributed by atoms with Gasteiger partial charge in [-0.1, -0.05) is 62.8 Å². The maximum absolute atomic E-state index is 12.7. The van der Waals surface area contributed by atoms with Crippen LogP contribution < -0.4 is 0 Å². The summed E-state index contributed by atoms with van der Waals surface area (Å²) in [6.45, 7) is 6.86. The van der Waals surface area contributed by atoms with E-state index in [1.54, 1.807) is 0 Å². The molecule has 0 saturated carbocycles. The maximum Gasteiger partial charge on any atom is 0.123 e. The quantitative estimate of drug-likeness (QED) is 0.639. The Labute approximate surface area is 99.2 Å². The predicted octanol–water partition coefficient (Wildman–Crippen LogP) is 4.89. The van der Waals surface area contributed by atoms with E-state index < -0.39 is 8.07 Å². The van der Waals surface area contributed by atoms with Crippen LogP contribution in [0.2, 0.25) is 18.1 Å². The highest BCUT2D eigenvalue weighted by Crippen LogP contribution is 2.22. The second kappa shape index (κ2) is 5.99. The zero-order valence-electron chi connectivity index (χ0n) is 10.5. The SMILES string of the molecule is CC[Si](/C=C\c1ccc(F)cc1)(CC)CC. The fraction of sp³-hybridized carbons (Fsp3) is 0.429. The zero-order valence-corrected chi connectivity index (χ0v) is 11.5. The smallest absolute Gasteiger partial charge is 0.123 e. The highest BCUT2D eigenvalue weighted by atomic mass is 28.3. The highest BCUT2D eigenvalue weighted by Gasteiger charge is 2.22. The predicted molar refractivity (Wildman–Crippen MR) is 72.6 cm³/mol. The van der Waals surface area contributed by atoms with Crippen LogP contribution in [0, 0.1) is 5.82 Å². The van der Waals surface area contributed by atoms with E-state index in [0.29, 0.717) is 0 Å². The molecule has 0 bridgehead atoms. The molecule has 16 heavy (non-hydrogen) atoms. The van der Waals surface area contributed by atoms with Gasteiger partial charge in [-0.15, -0.1) is 0 Å². The summed E-state index contributed by atoms with van der Waals surface area (Å²) in [5, 5.41) is 0. The molecule has 0 aliphatic heterocycles. The monoisotopic (exact) mass is 236 g/mol. The Morgan fingerprint density at radius 3 is 1.94 bits per heavy atom. The van der Waals surface area contributed by atoms with E-state index >= 15 is 0 Å². The molecule has 1 aromatic carbocycles. The first-order valence-corrected chi connectivity index (χ1v) is 8.80. The molecule has 1 aromatic rings. The summed E-state index contributed by atoms with van der Waals surface area (Å²) < 4.78 is 12.7. The summed E-state index contributed by atoms with van der Waals surface area (Å²) in [5.41, 5.74) is 3.52. The van der Waals surface area contributed by atoms with Crippen molar-refractivity contribution >= 4 is 14.1 Å². The first-order valence-electron chi connectivity index (χ1n) is 6.10. The molecule has 0 aliphatic rings. The van der Waals surface area contributed by atoms with Crippen molar-refractivity contribution in [3.63, 3.8) is 0 Å². The van der Waals surface area contributed by atoms with Crippen molar-refractivity contribution in [2.24, 2.45) is 0 Å². The van der Waals surface area contributed by atoms with Crippen molar-refractivity contribution in [1.82, 2.24) is 0 Å². The second-order valence-electron chi connectivity index (χ2n) is 4.31. The molecule has 0 atom stereocenters. The molecule has 88 valence electrons. The third-order valence-electron chi connectivity index (χ3n) is 3.61. The fourth-order valence-corrected chi connectivity index (χ4v) is 4.70. The number of hydrogen-bond acceptors (Lipinski definition) is 0. The first kappa shape index (κ1) is 13.2. The third-order valence-corrected chi connectivity index (χ3v) is 8.71. The Balaban J connectivity index is 2.82. The van der Waals surface area contributed by atoms with E-state index in [4.69, 9.17) is 0 Å². The standard InChI is InChI=1S/C14H21FSi/c1-4-16(5-2,6-3)12-11-13-7-9-14(15)10-8-13/h7-12H,4-6H2,1-3H3/b12-11-. The van der Waals surface area contributed by atoms with E-state index in [2.05, 4.69) is 32.5 Å². The normalized spacial score (nSPS) is 12.2. The summed E-state index contributed by atoms with van der Waals surface area (Å²) in [4.78, 5) is 0. The van der Waals surface area contributed by atoms with Crippen LogP contribution in [-0.2, 0) is 0 Å². The molecule has 0 aromatic heterocycles. The lowest BCUT2D eigenvalue weighted by Gasteiger charge is -2.23. The number of hydrogen-bond donors (Lipinski definition) is 0. The molecule has 0 nitrogen and oxygen atoms in total. The average molecular weight is 236 g/mol. The lowest BCUT2D eigenvalue weighted by Crippen LogP contribution is -2.28. The van der Waals surface area contributed by atoms with Gasteiger partial charge < -0.3 is 0 Å². The topological polar surface area (TPSA) is 0 Å². The van der Waals surface area contributed by atoms with Gasteiger partial charge in [0.15, 0.2) is 0 Å². The van der Waals surface area contributed by atoms with E-state index in [0.717, 1.165) is 5.56 Å². The number of benzene rings is 1. The fourth-order valence-electron chi connectivity index (χ4n) is 1.95. The van der Waals surface area contributed by atoms with Crippen molar-refractivity contribution in [2.45, 2.75) is 38.9 Å². The lowest BCUT2D eigenvalue weighted by atomic mass is 10.2. The second-order valence-corrected chi connectivity index (χ2v) is 9.49. The minimum Gasteiger partial charge on any atom is -0.207 e. The van der Waals surface area contributed by atoms with Crippen LogP contribution in [0.25, 0.3) is 6.08 Å². The van der Waals surface area contributed by atoms with E-state index in [-0.39, 0.29) is 5.82 Å². The Morgan fingerprint density at radius 2 is 1.50 bits per heavy atom. The van der Waals surface area contributed by atoms with Gasteiger partial charge >= 0.3 is 0 Å². The molecule has 0 radical (unpaired) electrons. The van der Waals surface area contributed by atoms with Crippen LogP contribution in [0.15, 0.2) is 30.0 Å². The molecule has 2 heteroatoms. The van der Waals surface area contributed by atoms with Crippen LogP contribution in [0.4, 0.5) is 4.39 Å².